The molecule has 2 fully saturated rings. The monoisotopic (exact) mass is 271 g/mol. The number of hydrogen-bond donors (Lipinski definition) is 1. The number of alkyl halides is 3. The highest BCUT2D eigenvalue weighted by Gasteiger charge is 2.42. The molecule has 0 aliphatic carbocycles. The second-order valence-corrected chi connectivity index (χ2v) is 5.38. The van der Waals surface area contributed by atoms with Crippen molar-refractivity contribution in [1.29, 1.82) is 0 Å². The first kappa shape index (κ1) is 12.7. The molecule has 3 heterocycles. The maximum atomic E-state index is 12.5. The number of anilines is 1. The Labute approximate surface area is 109 Å². The van der Waals surface area contributed by atoms with E-state index in [2.05, 4.69) is 22.1 Å². The summed E-state index contributed by atoms with van der Waals surface area (Å²) in [6.07, 6.45) is -3.39. The Balaban J connectivity index is 1.80. The average Bonchev–Trinajstić information content (AvgIpc) is 2.92. The van der Waals surface area contributed by atoms with Crippen molar-refractivity contribution in [2.75, 3.05) is 24.5 Å². The Morgan fingerprint density at radius 1 is 1.32 bits per heavy atom. The highest BCUT2D eigenvalue weighted by Crippen LogP contribution is 2.36. The van der Waals surface area contributed by atoms with Gasteiger partial charge in [0.05, 0.1) is 5.56 Å². The highest BCUT2D eigenvalue weighted by molar-refractivity contribution is 5.43. The van der Waals surface area contributed by atoms with Gasteiger partial charge in [-0.2, -0.15) is 13.2 Å². The van der Waals surface area contributed by atoms with Crippen molar-refractivity contribution in [3.8, 4) is 0 Å². The number of rotatable bonds is 1. The average molecular weight is 271 g/mol. The van der Waals surface area contributed by atoms with Gasteiger partial charge in [0.15, 0.2) is 0 Å². The van der Waals surface area contributed by atoms with Crippen molar-refractivity contribution >= 4 is 5.82 Å². The van der Waals surface area contributed by atoms with E-state index in [0.717, 1.165) is 31.9 Å². The predicted molar refractivity (Wildman–Crippen MR) is 65.9 cm³/mol. The molecule has 0 amide bonds. The maximum absolute atomic E-state index is 12.5. The molecule has 19 heavy (non-hydrogen) atoms. The normalized spacial score (nSPS) is 30.7. The van der Waals surface area contributed by atoms with Gasteiger partial charge in [-0.25, -0.2) is 4.98 Å². The molecule has 104 valence electrons. The first-order valence-electron chi connectivity index (χ1n) is 6.47. The van der Waals surface area contributed by atoms with Gasteiger partial charge < -0.3 is 10.2 Å². The van der Waals surface area contributed by atoms with Gasteiger partial charge in [-0.05, 0) is 30.9 Å². The number of hydrogen-bond acceptors (Lipinski definition) is 3. The minimum atomic E-state index is -4.32. The number of nitrogens with zero attached hydrogens (tertiary/aromatic N) is 2. The zero-order valence-electron chi connectivity index (χ0n) is 10.6. The number of nitrogens with one attached hydrogen (secondary N) is 1. The van der Waals surface area contributed by atoms with E-state index in [9.17, 15) is 13.2 Å². The quantitative estimate of drug-likeness (QED) is 0.848. The third-order valence-corrected chi connectivity index (χ3v) is 4.30. The van der Waals surface area contributed by atoms with Crippen molar-refractivity contribution in [2.45, 2.75) is 19.1 Å². The first-order chi connectivity index (χ1) is 8.97. The van der Waals surface area contributed by atoms with Crippen LogP contribution in [0.15, 0.2) is 18.3 Å². The van der Waals surface area contributed by atoms with E-state index in [4.69, 9.17) is 0 Å². The Hall–Kier alpha value is -1.30. The summed E-state index contributed by atoms with van der Waals surface area (Å²) in [6, 6.07) is 2.92. The van der Waals surface area contributed by atoms with Crippen LogP contribution in [0.1, 0.15) is 12.5 Å². The van der Waals surface area contributed by atoms with Gasteiger partial charge in [0.1, 0.15) is 5.82 Å². The molecule has 3 unspecified atom stereocenters. The van der Waals surface area contributed by atoms with Gasteiger partial charge in [-0.1, -0.05) is 0 Å². The smallest absolute Gasteiger partial charge is 0.353 e. The summed E-state index contributed by atoms with van der Waals surface area (Å²) in [6.45, 7) is 4.98. The first-order valence-corrected chi connectivity index (χ1v) is 6.47. The van der Waals surface area contributed by atoms with E-state index in [0.29, 0.717) is 23.7 Å². The molecule has 0 spiro atoms. The van der Waals surface area contributed by atoms with Crippen LogP contribution < -0.4 is 10.2 Å². The fraction of sp³-hybridized carbons (Fsp3) is 0.615. The zero-order valence-corrected chi connectivity index (χ0v) is 10.6. The summed E-state index contributed by atoms with van der Waals surface area (Å²) in [4.78, 5) is 6.11. The van der Waals surface area contributed by atoms with Crippen molar-refractivity contribution in [3.05, 3.63) is 23.9 Å². The van der Waals surface area contributed by atoms with Crippen LogP contribution in [0.2, 0.25) is 0 Å². The number of aromatic nitrogens is 1. The second kappa shape index (κ2) is 4.37. The summed E-state index contributed by atoms with van der Waals surface area (Å²) in [7, 11) is 0. The minimum Gasteiger partial charge on any atom is -0.353 e. The van der Waals surface area contributed by atoms with Crippen molar-refractivity contribution in [3.63, 3.8) is 0 Å². The summed E-state index contributed by atoms with van der Waals surface area (Å²) >= 11 is 0. The number of halogens is 3. The van der Waals surface area contributed by atoms with Gasteiger partial charge in [0, 0.05) is 31.9 Å². The molecule has 3 nitrogen and oxygen atoms in total. The van der Waals surface area contributed by atoms with Gasteiger partial charge in [-0.15, -0.1) is 0 Å². The maximum Gasteiger partial charge on any atom is 0.417 e. The van der Waals surface area contributed by atoms with Gasteiger partial charge >= 0.3 is 6.18 Å². The molecule has 2 aliphatic rings. The van der Waals surface area contributed by atoms with Gasteiger partial charge in [-0.3, -0.25) is 0 Å². The van der Waals surface area contributed by atoms with Crippen LogP contribution in [0.3, 0.4) is 0 Å². The van der Waals surface area contributed by atoms with Crippen LogP contribution in [0, 0.1) is 11.8 Å². The van der Waals surface area contributed by atoms with E-state index < -0.39 is 11.7 Å². The fourth-order valence-electron chi connectivity index (χ4n) is 3.19. The molecular formula is C13H16F3N3. The Bertz CT molecular complexity index is 457. The molecule has 3 rings (SSSR count). The molecule has 6 heteroatoms. The van der Waals surface area contributed by atoms with E-state index in [-0.39, 0.29) is 0 Å². The molecule has 1 aromatic rings. The lowest BCUT2D eigenvalue weighted by Crippen LogP contribution is -2.33. The molecule has 1 aromatic heterocycles. The highest BCUT2D eigenvalue weighted by atomic mass is 19.4. The third kappa shape index (κ3) is 2.18. The lowest BCUT2D eigenvalue weighted by Gasteiger charge is -2.25. The second-order valence-electron chi connectivity index (χ2n) is 5.38. The molecule has 0 bridgehead atoms. The summed E-state index contributed by atoms with van der Waals surface area (Å²) in [5, 5.41) is 3.36. The predicted octanol–water partition coefficient (Wildman–Crippen LogP) is 2.14. The Kier molecular flexibility index (Phi) is 2.92. The lowest BCUT2D eigenvalue weighted by atomic mass is 9.95. The molecule has 0 saturated carbocycles. The van der Waals surface area contributed by atoms with Crippen molar-refractivity contribution < 1.29 is 13.2 Å². The lowest BCUT2D eigenvalue weighted by molar-refractivity contribution is -0.137. The van der Waals surface area contributed by atoms with E-state index in [1.807, 2.05) is 0 Å². The number of fused-ring (bicyclic) bond motifs is 1. The topological polar surface area (TPSA) is 28.2 Å². The van der Waals surface area contributed by atoms with Crippen molar-refractivity contribution in [2.24, 2.45) is 11.8 Å². The summed E-state index contributed by atoms with van der Waals surface area (Å²) in [5.41, 5.74) is -0.690. The van der Waals surface area contributed by atoms with Crippen LogP contribution in [0.4, 0.5) is 19.0 Å². The Morgan fingerprint density at radius 3 is 2.68 bits per heavy atom. The van der Waals surface area contributed by atoms with Crippen LogP contribution in [-0.4, -0.2) is 30.7 Å². The molecule has 1 N–H and O–H groups in total. The van der Waals surface area contributed by atoms with Gasteiger partial charge in [0.2, 0.25) is 0 Å². The summed E-state index contributed by atoms with van der Waals surface area (Å²) < 4.78 is 37.5. The minimum absolute atomic E-state index is 0.323. The zero-order chi connectivity index (χ0) is 13.6. The third-order valence-electron chi connectivity index (χ3n) is 4.30. The molecule has 0 aromatic carbocycles. The SMILES string of the molecule is CC1C2CNCC2CN1c1ccc(C(F)(F)F)cn1. The Morgan fingerprint density at radius 2 is 2.11 bits per heavy atom. The fourth-order valence-corrected chi connectivity index (χ4v) is 3.19. The van der Waals surface area contributed by atoms with E-state index >= 15 is 0 Å². The van der Waals surface area contributed by atoms with Crippen LogP contribution in [0.5, 0.6) is 0 Å². The van der Waals surface area contributed by atoms with E-state index in [1.165, 1.54) is 6.07 Å². The molecule has 0 radical (unpaired) electrons. The molecule has 2 aliphatic heterocycles. The van der Waals surface area contributed by atoms with Crippen LogP contribution >= 0.6 is 0 Å². The van der Waals surface area contributed by atoms with Crippen LogP contribution in [-0.2, 0) is 6.18 Å². The summed E-state index contributed by atoms with van der Waals surface area (Å²) in [5.74, 6) is 1.80. The van der Waals surface area contributed by atoms with Crippen LogP contribution in [0.25, 0.3) is 0 Å². The number of pyridine rings is 1. The molecular weight excluding hydrogens is 255 g/mol. The van der Waals surface area contributed by atoms with E-state index in [1.54, 1.807) is 0 Å². The van der Waals surface area contributed by atoms with Gasteiger partial charge in [0.25, 0.3) is 0 Å². The molecule has 2 saturated heterocycles. The standard InChI is InChI=1S/C13H16F3N3/c1-8-11-6-17-4-9(11)7-19(8)12-3-2-10(5-18-12)13(14,15)16/h2-3,5,8-9,11,17H,4,6-7H2,1H3. The largest absolute Gasteiger partial charge is 0.417 e. The molecule has 3 atom stereocenters. The van der Waals surface area contributed by atoms with Crippen molar-refractivity contribution in [1.82, 2.24) is 10.3 Å².